The summed E-state index contributed by atoms with van der Waals surface area (Å²) in [5, 5.41) is 0. The molecule has 0 aliphatic rings. The molecule has 140 valence electrons. The van der Waals surface area contributed by atoms with Gasteiger partial charge in [0, 0.05) is 6.92 Å². The third-order valence-electron chi connectivity index (χ3n) is 3.08. The zero-order valence-electron chi connectivity index (χ0n) is 17.1. The van der Waals surface area contributed by atoms with Gasteiger partial charge in [-0.3, -0.25) is 4.48 Å². The molecular formula is C20H33N2O3+. The van der Waals surface area contributed by atoms with Crippen LogP contribution in [-0.2, 0) is 4.74 Å². The minimum absolute atomic E-state index is 0.162. The molecule has 0 spiro atoms. The van der Waals surface area contributed by atoms with Gasteiger partial charge < -0.3 is 9.15 Å². The van der Waals surface area contributed by atoms with Crippen molar-refractivity contribution in [3.8, 4) is 11.3 Å². The zero-order chi connectivity index (χ0) is 19.6. The lowest BCUT2D eigenvalue weighted by Crippen LogP contribution is -2.35. The van der Waals surface area contributed by atoms with E-state index in [1.807, 2.05) is 52.0 Å². The number of oxazole rings is 1. The van der Waals surface area contributed by atoms with Gasteiger partial charge in [-0.2, -0.15) is 0 Å². The fourth-order valence-electron chi connectivity index (χ4n) is 2.20. The summed E-state index contributed by atoms with van der Waals surface area (Å²) < 4.78 is 11.1. The Labute approximate surface area is 152 Å². The molecule has 0 amide bonds. The highest BCUT2D eigenvalue weighted by Gasteiger charge is 2.27. The van der Waals surface area contributed by atoms with Crippen molar-refractivity contribution in [1.82, 2.24) is 9.47 Å². The van der Waals surface area contributed by atoms with Crippen LogP contribution in [0.25, 0.3) is 11.3 Å². The lowest BCUT2D eigenvalue weighted by atomic mass is 10.1. The summed E-state index contributed by atoms with van der Waals surface area (Å²) in [7, 11) is 6.20. The standard InChI is InChI=1S/C16H21N2O3.2C2H6/c1-6-20-16(19)15-14(17-11(2)21-15)12-9-7-8-10-13(12)18(3,4)5;2*1-2/h7-10H,6H2,1-5H3;2*1-2H3/q+1;;. The molecule has 1 aromatic carbocycles. The predicted molar refractivity (Wildman–Crippen MR) is 105 cm³/mol. The number of carbonyl (C=O) groups is 1. The van der Waals surface area contributed by atoms with E-state index in [1.165, 1.54) is 0 Å². The Morgan fingerprint density at radius 1 is 1.12 bits per heavy atom. The fourth-order valence-corrected chi connectivity index (χ4v) is 2.20. The lowest BCUT2D eigenvalue weighted by Gasteiger charge is -2.25. The quantitative estimate of drug-likeness (QED) is 0.571. The molecule has 1 heterocycles. The van der Waals surface area contributed by atoms with E-state index in [9.17, 15) is 4.79 Å². The first-order valence-corrected chi connectivity index (χ1v) is 8.90. The number of rotatable bonds is 4. The van der Waals surface area contributed by atoms with Gasteiger partial charge in [-0.25, -0.2) is 9.78 Å². The fraction of sp³-hybridized carbons (Fsp3) is 0.500. The van der Waals surface area contributed by atoms with Crippen molar-refractivity contribution < 1.29 is 13.9 Å². The van der Waals surface area contributed by atoms with Gasteiger partial charge >= 0.3 is 5.97 Å². The number of aromatic nitrogens is 1. The maximum atomic E-state index is 12.1. The molecule has 0 saturated heterocycles. The molecule has 2 rings (SSSR count). The molecular weight excluding hydrogens is 316 g/mol. The van der Waals surface area contributed by atoms with E-state index < -0.39 is 5.97 Å². The highest BCUT2D eigenvalue weighted by Crippen LogP contribution is 2.34. The molecule has 2 aromatic rings. The average Bonchev–Trinajstić information content (AvgIpc) is 3.00. The van der Waals surface area contributed by atoms with E-state index in [0.717, 1.165) is 11.3 Å². The minimum atomic E-state index is -0.482. The van der Waals surface area contributed by atoms with Crippen molar-refractivity contribution in [2.75, 3.05) is 27.7 Å². The maximum Gasteiger partial charge on any atom is 0.376 e. The van der Waals surface area contributed by atoms with Crippen LogP contribution in [-0.4, -0.2) is 38.7 Å². The van der Waals surface area contributed by atoms with Crippen molar-refractivity contribution in [1.29, 1.82) is 0 Å². The van der Waals surface area contributed by atoms with Gasteiger partial charge in [0.05, 0.1) is 33.3 Å². The Hall–Kier alpha value is -2.14. The monoisotopic (exact) mass is 349 g/mol. The molecule has 0 aliphatic carbocycles. The third-order valence-corrected chi connectivity index (χ3v) is 3.08. The molecule has 0 bridgehead atoms. The average molecular weight is 349 g/mol. The van der Waals surface area contributed by atoms with Gasteiger partial charge in [0.15, 0.2) is 5.89 Å². The number of para-hydroxylation sites is 1. The van der Waals surface area contributed by atoms with Crippen molar-refractivity contribution in [3.63, 3.8) is 0 Å². The highest BCUT2D eigenvalue weighted by atomic mass is 16.5. The van der Waals surface area contributed by atoms with Crippen LogP contribution >= 0.6 is 0 Å². The molecule has 0 atom stereocenters. The number of nitrogens with zero attached hydrogens (tertiary/aromatic N) is 2. The van der Waals surface area contributed by atoms with Gasteiger partial charge in [0.1, 0.15) is 11.4 Å². The van der Waals surface area contributed by atoms with E-state index in [0.29, 0.717) is 22.7 Å². The van der Waals surface area contributed by atoms with Crippen molar-refractivity contribution in [2.45, 2.75) is 41.5 Å². The van der Waals surface area contributed by atoms with E-state index in [1.54, 1.807) is 13.8 Å². The zero-order valence-corrected chi connectivity index (χ0v) is 17.1. The molecule has 25 heavy (non-hydrogen) atoms. The van der Waals surface area contributed by atoms with Crippen molar-refractivity contribution >= 4 is 11.7 Å². The molecule has 5 heteroatoms. The summed E-state index contributed by atoms with van der Waals surface area (Å²) in [5.74, 6) is 0.129. The summed E-state index contributed by atoms with van der Waals surface area (Å²) in [6, 6.07) is 7.86. The molecule has 0 aliphatic heterocycles. The van der Waals surface area contributed by atoms with Crippen LogP contribution in [0.15, 0.2) is 28.7 Å². The Morgan fingerprint density at radius 3 is 2.20 bits per heavy atom. The summed E-state index contributed by atoms with van der Waals surface area (Å²) in [4.78, 5) is 16.4. The number of carbonyl (C=O) groups excluding carboxylic acids is 1. The number of hydrogen-bond acceptors (Lipinski definition) is 4. The first-order chi connectivity index (χ1) is 11.8. The molecule has 0 N–H and O–H groups in total. The first-order valence-electron chi connectivity index (χ1n) is 8.90. The lowest BCUT2D eigenvalue weighted by molar-refractivity contribution is 0.0490. The normalized spacial score (nSPS) is 10.1. The van der Waals surface area contributed by atoms with E-state index in [2.05, 4.69) is 26.1 Å². The van der Waals surface area contributed by atoms with Crippen LogP contribution in [0, 0.1) is 6.92 Å². The predicted octanol–water partition coefficient (Wildman–Crippen LogP) is 5.08. The molecule has 0 radical (unpaired) electrons. The second kappa shape index (κ2) is 10.7. The largest absolute Gasteiger partial charge is 0.460 e. The van der Waals surface area contributed by atoms with E-state index >= 15 is 0 Å². The number of quaternary nitrogens is 1. The first kappa shape index (κ1) is 22.9. The van der Waals surface area contributed by atoms with Gasteiger partial charge in [0.2, 0.25) is 5.76 Å². The van der Waals surface area contributed by atoms with Crippen LogP contribution in [0.5, 0.6) is 0 Å². The second-order valence-electron chi connectivity index (χ2n) is 5.66. The Balaban J connectivity index is 0.00000134. The van der Waals surface area contributed by atoms with Crippen LogP contribution in [0.4, 0.5) is 5.69 Å². The smallest absolute Gasteiger partial charge is 0.376 e. The van der Waals surface area contributed by atoms with Gasteiger partial charge in [0.25, 0.3) is 0 Å². The SMILES string of the molecule is CC.CC.CCOC(=O)c1oc(C)nc1-c1ccccc1[N+](C)(C)C. The van der Waals surface area contributed by atoms with Crippen LogP contribution < -0.4 is 4.48 Å². The van der Waals surface area contributed by atoms with E-state index in [-0.39, 0.29) is 5.76 Å². The van der Waals surface area contributed by atoms with Crippen molar-refractivity contribution in [2.24, 2.45) is 0 Å². The third kappa shape index (κ3) is 6.02. The summed E-state index contributed by atoms with van der Waals surface area (Å²) in [6.07, 6.45) is 0. The number of aryl methyl sites for hydroxylation is 1. The number of ether oxygens (including phenoxy) is 1. The summed E-state index contributed by atoms with van der Waals surface area (Å²) in [5.41, 5.74) is 2.47. The highest BCUT2D eigenvalue weighted by molar-refractivity contribution is 5.95. The minimum Gasteiger partial charge on any atom is -0.460 e. The Kier molecular flexibility index (Phi) is 9.76. The number of esters is 1. The van der Waals surface area contributed by atoms with Crippen LogP contribution in [0.2, 0.25) is 0 Å². The number of hydrogen-bond donors (Lipinski definition) is 0. The van der Waals surface area contributed by atoms with E-state index in [4.69, 9.17) is 9.15 Å². The second-order valence-corrected chi connectivity index (χ2v) is 5.66. The summed E-state index contributed by atoms with van der Waals surface area (Å²) >= 11 is 0. The molecule has 0 fully saturated rings. The molecule has 1 aromatic heterocycles. The maximum absolute atomic E-state index is 12.1. The van der Waals surface area contributed by atoms with Crippen LogP contribution in [0.1, 0.15) is 51.1 Å². The Morgan fingerprint density at radius 2 is 1.68 bits per heavy atom. The van der Waals surface area contributed by atoms with Gasteiger partial charge in [-0.1, -0.05) is 39.8 Å². The van der Waals surface area contributed by atoms with Crippen LogP contribution in [0.3, 0.4) is 0 Å². The Bertz CT molecular complexity index is 655. The molecule has 0 unspecified atom stereocenters. The topological polar surface area (TPSA) is 52.3 Å². The summed E-state index contributed by atoms with van der Waals surface area (Å²) in [6.45, 7) is 11.8. The number of benzene rings is 1. The molecule has 5 nitrogen and oxygen atoms in total. The molecule has 0 saturated carbocycles. The van der Waals surface area contributed by atoms with Crippen molar-refractivity contribution in [3.05, 3.63) is 35.9 Å². The van der Waals surface area contributed by atoms with Gasteiger partial charge in [-0.15, -0.1) is 0 Å². The van der Waals surface area contributed by atoms with Gasteiger partial charge in [-0.05, 0) is 19.1 Å².